The highest BCUT2D eigenvalue weighted by molar-refractivity contribution is 6.52. The van der Waals surface area contributed by atoms with Gasteiger partial charge >= 0.3 is 7.48 Å². The molecule has 0 atom stereocenters. The average molecular weight is 419 g/mol. The molecule has 4 aromatic carbocycles. The van der Waals surface area contributed by atoms with Gasteiger partial charge in [-0.05, 0) is 78.8 Å². The summed E-state index contributed by atoms with van der Waals surface area (Å²) in [7, 11) is 1.78. The number of fused-ring (bicyclic) bond motifs is 7. The molecule has 0 spiro atoms. The summed E-state index contributed by atoms with van der Waals surface area (Å²) in [6.45, 7) is 7.34. The Kier molecular flexibility index (Phi) is 3.96. The molecule has 5 aromatic rings. The SMILES string of the molecule is CC(C)(O)C(C)(C)O[B]c1ccc2c3c(cccc13)-c1ccc3oc4ccccc4c3c1-2. The molecule has 157 valence electrons. The number of aliphatic hydroxyl groups is 1. The van der Waals surface area contributed by atoms with Crippen molar-refractivity contribution in [2.75, 3.05) is 0 Å². The lowest BCUT2D eigenvalue weighted by molar-refractivity contribution is -0.0893. The van der Waals surface area contributed by atoms with E-state index in [0.717, 1.165) is 27.4 Å². The van der Waals surface area contributed by atoms with Crippen molar-refractivity contribution < 1.29 is 14.2 Å². The first-order valence-electron chi connectivity index (χ1n) is 11.0. The molecule has 0 bridgehead atoms. The maximum Gasteiger partial charge on any atom is 0.331 e. The normalized spacial score (nSPS) is 13.3. The molecule has 6 rings (SSSR count). The van der Waals surface area contributed by atoms with Gasteiger partial charge in [-0.25, -0.2) is 0 Å². The fourth-order valence-electron chi connectivity index (χ4n) is 4.64. The molecule has 0 fully saturated rings. The molecule has 3 nitrogen and oxygen atoms in total. The Bertz CT molecular complexity index is 1540. The number of hydrogen-bond donors (Lipinski definition) is 1. The monoisotopic (exact) mass is 419 g/mol. The van der Waals surface area contributed by atoms with E-state index >= 15 is 0 Å². The maximum absolute atomic E-state index is 10.5. The Morgan fingerprint density at radius 3 is 2.28 bits per heavy atom. The molecule has 0 amide bonds. The van der Waals surface area contributed by atoms with Gasteiger partial charge in [0.1, 0.15) is 11.2 Å². The molecule has 0 aliphatic heterocycles. The predicted molar refractivity (Wildman–Crippen MR) is 133 cm³/mol. The van der Waals surface area contributed by atoms with Crippen molar-refractivity contribution in [3.05, 3.63) is 66.7 Å². The van der Waals surface area contributed by atoms with E-state index in [0.29, 0.717) is 0 Å². The van der Waals surface area contributed by atoms with Gasteiger partial charge in [0.05, 0.1) is 11.2 Å². The summed E-state index contributed by atoms with van der Waals surface area (Å²) in [5.74, 6) is 0. The van der Waals surface area contributed by atoms with Crippen LogP contribution in [0.2, 0.25) is 0 Å². The second-order valence-corrected chi connectivity index (χ2v) is 9.69. The number of furan rings is 1. The Morgan fingerprint density at radius 2 is 1.47 bits per heavy atom. The number of hydrogen-bond acceptors (Lipinski definition) is 3. The Morgan fingerprint density at radius 1 is 0.719 bits per heavy atom. The van der Waals surface area contributed by atoms with Crippen LogP contribution in [0.3, 0.4) is 0 Å². The van der Waals surface area contributed by atoms with Crippen LogP contribution in [0.15, 0.2) is 71.1 Å². The summed E-state index contributed by atoms with van der Waals surface area (Å²) in [5.41, 5.74) is 6.07. The number of para-hydroxylation sites is 1. The van der Waals surface area contributed by atoms with Crippen LogP contribution in [0, 0.1) is 0 Å². The smallest absolute Gasteiger partial charge is 0.331 e. The Balaban J connectivity index is 1.55. The lowest BCUT2D eigenvalue weighted by Gasteiger charge is -2.37. The zero-order valence-corrected chi connectivity index (χ0v) is 18.7. The van der Waals surface area contributed by atoms with E-state index in [4.69, 9.17) is 9.07 Å². The van der Waals surface area contributed by atoms with Crippen LogP contribution in [0.4, 0.5) is 0 Å². The Labute approximate surface area is 187 Å². The second kappa shape index (κ2) is 6.47. The summed E-state index contributed by atoms with van der Waals surface area (Å²) in [6.07, 6.45) is 0. The van der Waals surface area contributed by atoms with E-state index < -0.39 is 11.2 Å². The third-order valence-corrected chi connectivity index (χ3v) is 7.13. The molecular formula is C28H24BO3. The van der Waals surface area contributed by atoms with E-state index in [-0.39, 0.29) is 0 Å². The molecule has 32 heavy (non-hydrogen) atoms. The van der Waals surface area contributed by atoms with Crippen molar-refractivity contribution in [3.8, 4) is 22.3 Å². The molecule has 1 aliphatic carbocycles. The maximum atomic E-state index is 10.5. The first kappa shape index (κ1) is 19.6. The van der Waals surface area contributed by atoms with Gasteiger partial charge in [-0.2, -0.15) is 0 Å². The van der Waals surface area contributed by atoms with Gasteiger partial charge in [-0.1, -0.05) is 48.5 Å². The van der Waals surface area contributed by atoms with Crippen molar-refractivity contribution >= 4 is 45.7 Å². The summed E-state index contributed by atoms with van der Waals surface area (Å²) < 4.78 is 12.2. The van der Waals surface area contributed by atoms with Gasteiger partial charge in [-0.15, -0.1) is 0 Å². The molecule has 1 aromatic heterocycles. The topological polar surface area (TPSA) is 42.6 Å². The van der Waals surface area contributed by atoms with Crippen molar-refractivity contribution in [2.45, 2.75) is 38.9 Å². The van der Waals surface area contributed by atoms with Crippen LogP contribution in [0.25, 0.3) is 55.0 Å². The second-order valence-electron chi connectivity index (χ2n) is 9.69. The van der Waals surface area contributed by atoms with Crippen molar-refractivity contribution in [3.63, 3.8) is 0 Å². The van der Waals surface area contributed by atoms with E-state index in [1.54, 1.807) is 21.3 Å². The van der Waals surface area contributed by atoms with Crippen LogP contribution >= 0.6 is 0 Å². The molecule has 0 saturated carbocycles. The van der Waals surface area contributed by atoms with Crippen LogP contribution in [0.5, 0.6) is 0 Å². The van der Waals surface area contributed by atoms with Gasteiger partial charge in [0, 0.05) is 16.3 Å². The fourth-order valence-corrected chi connectivity index (χ4v) is 4.64. The third kappa shape index (κ3) is 2.63. The molecule has 4 heteroatoms. The van der Waals surface area contributed by atoms with E-state index in [9.17, 15) is 5.11 Å². The minimum Gasteiger partial charge on any atom is -0.456 e. The zero-order valence-electron chi connectivity index (χ0n) is 18.7. The first-order chi connectivity index (χ1) is 15.3. The van der Waals surface area contributed by atoms with E-state index in [1.807, 2.05) is 26.0 Å². The summed E-state index contributed by atoms with van der Waals surface area (Å²) in [4.78, 5) is 0. The molecule has 1 heterocycles. The molecule has 0 saturated heterocycles. The summed E-state index contributed by atoms with van der Waals surface area (Å²) in [5, 5.41) is 15.2. The molecule has 0 unspecified atom stereocenters. The minimum absolute atomic E-state index is 0.722. The van der Waals surface area contributed by atoms with Crippen LogP contribution in [0.1, 0.15) is 27.7 Å². The molecule has 1 aliphatic rings. The van der Waals surface area contributed by atoms with Crippen LogP contribution in [-0.2, 0) is 4.65 Å². The quantitative estimate of drug-likeness (QED) is 0.346. The summed E-state index contributed by atoms with van der Waals surface area (Å²) in [6, 6.07) is 23.2. The standard InChI is InChI=1S/C28H24BO3/c1-27(2,30)28(3,4)32-29-21-14-12-20-24-16(9-7-10-18(21)24)17-13-15-23-26(25(17)20)19-8-5-6-11-22(19)31-23/h5-15,30H,1-4H3. The minimum atomic E-state index is -0.970. The number of benzene rings is 4. The van der Waals surface area contributed by atoms with E-state index in [2.05, 4.69) is 54.6 Å². The van der Waals surface area contributed by atoms with Crippen molar-refractivity contribution in [1.29, 1.82) is 0 Å². The predicted octanol–water partition coefficient (Wildman–Crippen LogP) is 6.20. The molecular weight excluding hydrogens is 395 g/mol. The first-order valence-corrected chi connectivity index (χ1v) is 11.0. The van der Waals surface area contributed by atoms with Crippen LogP contribution < -0.4 is 5.46 Å². The molecule has 1 N–H and O–H groups in total. The molecule has 1 radical (unpaired) electrons. The highest BCUT2D eigenvalue weighted by Gasteiger charge is 2.36. The van der Waals surface area contributed by atoms with Gasteiger partial charge in [-0.3, -0.25) is 0 Å². The average Bonchev–Trinajstić information content (AvgIpc) is 3.29. The highest BCUT2D eigenvalue weighted by Crippen LogP contribution is 2.51. The lowest BCUT2D eigenvalue weighted by atomic mass is 9.79. The summed E-state index contributed by atoms with van der Waals surface area (Å²) >= 11 is 0. The van der Waals surface area contributed by atoms with Gasteiger partial charge in [0.15, 0.2) is 0 Å². The van der Waals surface area contributed by atoms with E-state index in [1.165, 1.54) is 33.0 Å². The fraction of sp³-hybridized carbons (Fsp3) is 0.214. The van der Waals surface area contributed by atoms with Gasteiger partial charge in [0.25, 0.3) is 0 Å². The van der Waals surface area contributed by atoms with Crippen LogP contribution in [-0.4, -0.2) is 23.8 Å². The highest BCUT2D eigenvalue weighted by atomic mass is 16.5. The van der Waals surface area contributed by atoms with Crippen molar-refractivity contribution in [1.82, 2.24) is 0 Å². The largest absolute Gasteiger partial charge is 0.456 e. The zero-order chi connectivity index (χ0) is 22.3. The van der Waals surface area contributed by atoms with Gasteiger partial charge < -0.3 is 14.2 Å². The third-order valence-electron chi connectivity index (χ3n) is 7.13. The van der Waals surface area contributed by atoms with Crippen molar-refractivity contribution in [2.24, 2.45) is 0 Å². The number of rotatable bonds is 4. The lowest BCUT2D eigenvalue weighted by Crippen LogP contribution is -2.49. The Hall–Kier alpha value is -3.08. The van der Waals surface area contributed by atoms with Gasteiger partial charge in [0.2, 0.25) is 0 Å².